The van der Waals surface area contributed by atoms with E-state index in [9.17, 15) is 9.59 Å². The number of nitrogens with one attached hydrogen (secondary N) is 1. The Morgan fingerprint density at radius 1 is 1.03 bits per heavy atom. The van der Waals surface area contributed by atoms with Crippen LogP contribution in [0.2, 0.25) is 0 Å². The molecule has 4 nitrogen and oxygen atoms in total. The summed E-state index contributed by atoms with van der Waals surface area (Å²) < 4.78 is 0.957. The van der Waals surface area contributed by atoms with E-state index >= 15 is 0 Å². The minimum Gasteiger partial charge on any atom is -0.354 e. The Labute approximate surface area is 199 Å². The van der Waals surface area contributed by atoms with E-state index in [0.717, 1.165) is 15.8 Å². The number of halogens is 1. The number of rotatable bonds is 10. The Hall–Kier alpha value is -1.79. The Bertz CT molecular complexity index is 881. The largest absolute Gasteiger partial charge is 0.354 e. The lowest BCUT2D eigenvalue weighted by Gasteiger charge is -2.29. The van der Waals surface area contributed by atoms with Crippen molar-refractivity contribution in [2.75, 3.05) is 12.3 Å². The molecular formula is C25H33BrN2O2S. The third-order valence-electron chi connectivity index (χ3n) is 4.87. The van der Waals surface area contributed by atoms with Gasteiger partial charge in [0.05, 0.1) is 5.75 Å². The summed E-state index contributed by atoms with van der Waals surface area (Å²) in [5.74, 6) is 1.33. The number of carbonyl (C=O) groups is 2. The molecule has 0 fully saturated rings. The van der Waals surface area contributed by atoms with Gasteiger partial charge >= 0.3 is 0 Å². The Morgan fingerprint density at radius 3 is 2.32 bits per heavy atom. The van der Waals surface area contributed by atoms with Gasteiger partial charge in [0.25, 0.3) is 0 Å². The summed E-state index contributed by atoms with van der Waals surface area (Å²) in [6.07, 6.45) is 0. The van der Waals surface area contributed by atoms with Crippen LogP contribution in [0, 0.1) is 19.8 Å². The van der Waals surface area contributed by atoms with Crippen molar-refractivity contribution in [3.8, 4) is 0 Å². The van der Waals surface area contributed by atoms with Crippen molar-refractivity contribution >= 4 is 39.5 Å². The number of thioether (sulfide) groups is 1. The minimum absolute atomic E-state index is 0.0263. The summed E-state index contributed by atoms with van der Waals surface area (Å²) in [6.45, 7) is 11.1. The van der Waals surface area contributed by atoms with Gasteiger partial charge in [-0.1, -0.05) is 71.2 Å². The van der Waals surface area contributed by atoms with Crippen LogP contribution in [-0.4, -0.2) is 35.1 Å². The van der Waals surface area contributed by atoms with Gasteiger partial charge in [-0.05, 0) is 49.9 Å². The second-order valence-electron chi connectivity index (χ2n) is 8.46. The zero-order valence-corrected chi connectivity index (χ0v) is 21.5. The van der Waals surface area contributed by atoms with Crippen molar-refractivity contribution in [3.63, 3.8) is 0 Å². The second-order valence-corrected chi connectivity index (χ2v) is 10.4. The molecule has 0 aliphatic carbocycles. The molecule has 0 aliphatic heterocycles. The van der Waals surface area contributed by atoms with Gasteiger partial charge in [0, 0.05) is 23.3 Å². The van der Waals surface area contributed by atoms with E-state index in [0.29, 0.717) is 24.8 Å². The van der Waals surface area contributed by atoms with Gasteiger partial charge in [-0.2, -0.15) is 0 Å². The number of carbonyl (C=O) groups excluding carboxylic acids is 2. The first-order chi connectivity index (χ1) is 14.7. The van der Waals surface area contributed by atoms with Crippen molar-refractivity contribution in [1.29, 1.82) is 0 Å². The highest BCUT2D eigenvalue weighted by molar-refractivity contribution is 9.10. The molecule has 0 radical (unpaired) electrons. The molecule has 0 saturated heterocycles. The van der Waals surface area contributed by atoms with Gasteiger partial charge in [0.2, 0.25) is 11.8 Å². The van der Waals surface area contributed by atoms with Gasteiger partial charge in [-0.3, -0.25) is 9.59 Å². The van der Waals surface area contributed by atoms with E-state index in [1.807, 2.05) is 24.3 Å². The summed E-state index contributed by atoms with van der Waals surface area (Å²) in [7, 11) is 0. The van der Waals surface area contributed by atoms with Crippen molar-refractivity contribution < 1.29 is 9.59 Å². The molecule has 0 spiro atoms. The fourth-order valence-electron chi connectivity index (χ4n) is 3.36. The van der Waals surface area contributed by atoms with Crippen LogP contribution < -0.4 is 5.32 Å². The number of amides is 2. The van der Waals surface area contributed by atoms with Crippen molar-refractivity contribution in [2.24, 2.45) is 5.92 Å². The molecule has 2 aromatic carbocycles. The van der Waals surface area contributed by atoms with Crippen LogP contribution in [0.15, 0.2) is 46.9 Å². The van der Waals surface area contributed by atoms with Crippen LogP contribution in [0.25, 0.3) is 0 Å². The standard InChI is InChI=1S/C25H33BrN2O2S/c1-17(2)13-27-25(30)20(5)28(14-21-7-6-8-23(26)12-21)24(29)16-31-15-22-10-18(3)9-19(4)11-22/h6-12,17,20H,13-16H2,1-5H3,(H,27,30)/t20-/m0/s1. The molecule has 0 bridgehead atoms. The predicted molar refractivity (Wildman–Crippen MR) is 134 cm³/mol. The monoisotopic (exact) mass is 504 g/mol. The summed E-state index contributed by atoms with van der Waals surface area (Å²) in [5.41, 5.74) is 4.67. The third-order valence-corrected chi connectivity index (χ3v) is 6.35. The highest BCUT2D eigenvalue weighted by atomic mass is 79.9. The Kier molecular flexibility index (Phi) is 10.1. The van der Waals surface area contributed by atoms with Gasteiger partial charge in [-0.25, -0.2) is 0 Å². The molecular weight excluding hydrogens is 472 g/mol. The summed E-state index contributed by atoms with van der Waals surface area (Å²) in [6, 6.07) is 13.8. The number of aryl methyl sites for hydroxylation is 2. The van der Waals surface area contributed by atoms with E-state index in [1.54, 1.807) is 23.6 Å². The lowest BCUT2D eigenvalue weighted by molar-refractivity contribution is -0.138. The highest BCUT2D eigenvalue weighted by Crippen LogP contribution is 2.19. The molecule has 2 rings (SSSR count). The molecule has 168 valence electrons. The molecule has 2 aromatic rings. The fourth-order valence-corrected chi connectivity index (χ4v) is 4.65. The second kappa shape index (κ2) is 12.3. The molecule has 1 atom stereocenters. The number of nitrogens with zero attached hydrogens (tertiary/aromatic N) is 1. The van der Waals surface area contributed by atoms with Crippen molar-refractivity contribution in [2.45, 2.75) is 53.0 Å². The lowest BCUT2D eigenvalue weighted by atomic mass is 10.1. The molecule has 31 heavy (non-hydrogen) atoms. The Morgan fingerprint density at radius 2 is 1.71 bits per heavy atom. The average Bonchev–Trinajstić information content (AvgIpc) is 2.69. The summed E-state index contributed by atoms with van der Waals surface area (Å²) in [4.78, 5) is 27.5. The molecule has 0 unspecified atom stereocenters. The van der Waals surface area contributed by atoms with Crippen LogP contribution in [0.3, 0.4) is 0 Å². The van der Waals surface area contributed by atoms with Crippen LogP contribution in [0.4, 0.5) is 0 Å². The van der Waals surface area contributed by atoms with E-state index in [2.05, 4.69) is 67.1 Å². The van der Waals surface area contributed by atoms with Crippen LogP contribution in [0.1, 0.15) is 43.0 Å². The maximum absolute atomic E-state index is 13.2. The number of hydrogen-bond acceptors (Lipinski definition) is 3. The van der Waals surface area contributed by atoms with Gasteiger partial charge in [-0.15, -0.1) is 11.8 Å². The lowest BCUT2D eigenvalue weighted by Crippen LogP contribution is -2.48. The van der Waals surface area contributed by atoms with Crippen LogP contribution >= 0.6 is 27.7 Å². The maximum atomic E-state index is 13.2. The normalized spacial score (nSPS) is 12.0. The molecule has 6 heteroatoms. The third kappa shape index (κ3) is 8.69. The SMILES string of the molecule is Cc1cc(C)cc(CSCC(=O)N(Cc2cccc(Br)c2)[C@@H](C)C(=O)NCC(C)C)c1. The van der Waals surface area contributed by atoms with Gasteiger partial charge in [0.15, 0.2) is 0 Å². The molecule has 0 aromatic heterocycles. The smallest absolute Gasteiger partial charge is 0.242 e. The zero-order valence-electron chi connectivity index (χ0n) is 19.1. The molecule has 0 aliphatic rings. The molecule has 0 heterocycles. The van der Waals surface area contributed by atoms with Gasteiger partial charge in [0.1, 0.15) is 6.04 Å². The van der Waals surface area contributed by atoms with E-state index < -0.39 is 6.04 Å². The molecule has 2 amide bonds. The molecule has 0 saturated carbocycles. The zero-order chi connectivity index (χ0) is 23.0. The maximum Gasteiger partial charge on any atom is 0.242 e. The quantitative estimate of drug-likeness (QED) is 0.465. The predicted octanol–water partition coefficient (Wildman–Crippen LogP) is 5.49. The fraction of sp³-hybridized carbons (Fsp3) is 0.440. The Balaban J connectivity index is 2.08. The average molecular weight is 506 g/mol. The highest BCUT2D eigenvalue weighted by Gasteiger charge is 2.26. The first-order valence-corrected chi connectivity index (χ1v) is 12.6. The van der Waals surface area contributed by atoms with Gasteiger partial charge < -0.3 is 10.2 Å². The van der Waals surface area contributed by atoms with Crippen molar-refractivity contribution in [3.05, 3.63) is 69.2 Å². The topological polar surface area (TPSA) is 49.4 Å². The van der Waals surface area contributed by atoms with Crippen LogP contribution in [-0.2, 0) is 21.9 Å². The van der Waals surface area contributed by atoms with Crippen LogP contribution in [0.5, 0.6) is 0 Å². The summed E-state index contributed by atoms with van der Waals surface area (Å²) >= 11 is 5.08. The van der Waals surface area contributed by atoms with E-state index in [4.69, 9.17) is 0 Å². The summed E-state index contributed by atoms with van der Waals surface area (Å²) in [5, 5.41) is 2.96. The van der Waals surface area contributed by atoms with E-state index in [1.165, 1.54) is 16.7 Å². The number of benzene rings is 2. The number of hydrogen-bond donors (Lipinski definition) is 1. The van der Waals surface area contributed by atoms with Crippen molar-refractivity contribution in [1.82, 2.24) is 10.2 Å². The first kappa shape index (κ1) is 25.5. The minimum atomic E-state index is -0.535. The van der Waals surface area contributed by atoms with E-state index in [-0.39, 0.29) is 11.8 Å². The first-order valence-electron chi connectivity index (χ1n) is 10.6. The molecule has 1 N–H and O–H groups in total.